The van der Waals surface area contributed by atoms with Gasteiger partial charge in [-0.2, -0.15) is 0 Å². The Morgan fingerprint density at radius 1 is 1.36 bits per heavy atom. The third-order valence-electron chi connectivity index (χ3n) is 3.51. The summed E-state index contributed by atoms with van der Waals surface area (Å²) in [6, 6.07) is 3.33. The molecule has 1 unspecified atom stereocenters. The Kier molecular flexibility index (Phi) is 5.60. The summed E-state index contributed by atoms with van der Waals surface area (Å²) in [6.45, 7) is 5.96. The van der Waals surface area contributed by atoms with Gasteiger partial charge in [-0.05, 0) is 38.8 Å². The summed E-state index contributed by atoms with van der Waals surface area (Å²) < 4.78 is 5.13. The maximum Gasteiger partial charge on any atom is 0.338 e. The second-order valence-electron chi connectivity index (χ2n) is 5.20. The highest BCUT2D eigenvalue weighted by molar-refractivity contribution is 7.12. The first-order valence-electron chi connectivity index (χ1n) is 7.60. The Balaban J connectivity index is 2.29. The Morgan fingerprint density at radius 3 is 2.82 bits per heavy atom. The van der Waals surface area contributed by atoms with Crippen LogP contribution in [0.4, 0.5) is 4.79 Å². The van der Waals surface area contributed by atoms with Gasteiger partial charge in [0.15, 0.2) is 0 Å². The van der Waals surface area contributed by atoms with Crippen molar-refractivity contribution in [2.75, 3.05) is 6.61 Å². The summed E-state index contributed by atoms with van der Waals surface area (Å²) in [5, 5.41) is 5.47. The normalized spacial score (nSPS) is 18.0. The van der Waals surface area contributed by atoms with Crippen molar-refractivity contribution < 1.29 is 14.3 Å². The van der Waals surface area contributed by atoms with Gasteiger partial charge in [0, 0.05) is 15.5 Å². The van der Waals surface area contributed by atoms with Gasteiger partial charge >= 0.3 is 12.0 Å². The van der Waals surface area contributed by atoms with Gasteiger partial charge in [0.1, 0.15) is 0 Å². The van der Waals surface area contributed by atoms with Crippen molar-refractivity contribution in [1.29, 1.82) is 0 Å². The summed E-state index contributed by atoms with van der Waals surface area (Å²) in [5.41, 5.74) is 1.03. The third-order valence-corrected chi connectivity index (χ3v) is 4.72. The number of carbonyl (C=O) groups is 2. The zero-order valence-corrected chi connectivity index (χ0v) is 14.0. The van der Waals surface area contributed by atoms with E-state index in [4.69, 9.17) is 4.74 Å². The van der Waals surface area contributed by atoms with E-state index in [0.717, 1.165) is 24.1 Å². The number of carbonyl (C=O) groups excluding carboxylic acids is 2. The molecule has 5 nitrogen and oxygen atoms in total. The summed E-state index contributed by atoms with van der Waals surface area (Å²) in [6.07, 6.45) is 3.31. The molecule has 1 aromatic heterocycles. The van der Waals surface area contributed by atoms with Crippen LogP contribution in [0.2, 0.25) is 0 Å². The summed E-state index contributed by atoms with van der Waals surface area (Å²) in [7, 11) is 0. The highest BCUT2D eigenvalue weighted by atomic mass is 32.1. The molecule has 22 heavy (non-hydrogen) atoms. The second kappa shape index (κ2) is 7.45. The quantitative estimate of drug-likeness (QED) is 0.790. The van der Waals surface area contributed by atoms with Crippen LogP contribution in [-0.4, -0.2) is 18.6 Å². The average Bonchev–Trinajstić information content (AvgIpc) is 2.93. The topological polar surface area (TPSA) is 67.4 Å². The summed E-state index contributed by atoms with van der Waals surface area (Å²) in [5.74, 6) is -0.388. The molecule has 0 aliphatic carbocycles. The molecule has 0 spiro atoms. The number of thiophene rings is 1. The van der Waals surface area contributed by atoms with Crippen molar-refractivity contribution in [1.82, 2.24) is 10.6 Å². The zero-order valence-electron chi connectivity index (χ0n) is 13.2. The lowest BCUT2D eigenvalue weighted by atomic mass is 10.0. The molecule has 1 aliphatic heterocycles. The molecular weight excluding hydrogens is 300 g/mol. The van der Waals surface area contributed by atoms with Crippen LogP contribution in [0.15, 0.2) is 23.4 Å². The van der Waals surface area contributed by atoms with Crippen molar-refractivity contribution in [2.45, 2.75) is 46.1 Å². The molecule has 2 heterocycles. The second-order valence-corrected chi connectivity index (χ2v) is 6.40. The van der Waals surface area contributed by atoms with Gasteiger partial charge in [-0.1, -0.05) is 13.3 Å². The van der Waals surface area contributed by atoms with Crippen molar-refractivity contribution in [3.05, 3.63) is 33.2 Å². The van der Waals surface area contributed by atoms with Gasteiger partial charge < -0.3 is 15.4 Å². The molecule has 0 saturated carbocycles. The van der Waals surface area contributed by atoms with Crippen LogP contribution in [0.25, 0.3) is 0 Å². The van der Waals surface area contributed by atoms with Gasteiger partial charge in [0.25, 0.3) is 0 Å². The molecular formula is C16H22N2O3S. The van der Waals surface area contributed by atoms with Crippen LogP contribution in [0.1, 0.15) is 49.4 Å². The fraction of sp³-hybridized carbons (Fsp3) is 0.500. The molecule has 0 radical (unpaired) electrons. The van der Waals surface area contributed by atoms with Crippen LogP contribution in [-0.2, 0) is 16.0 Å². The number of hydrogen-bond acceptors (Lipinski definition) is 4. The molecule has 2 amide bonds. The Bertz CT molecular complexity index is 592. The van der Waals surface area contributed by atoms with E-state index in [1.165, 1.54) is 4.88 Å². The predicted molar refractivity (Wildman–Crippen MR) is 86.7 cm³/mol. The largest absolute Gasteiger partial charge is 0.463 e. The molecule has 1 atom stereocenters. The number of aryl methyl sites for hydroxylation is 1. The van der Waals surface area contributed by atoms with E-state index in [2.05, 4.69) is 23.6 Å². The van der Waals surface area contributed by atoms with Crippen molar-refractivity contribution in [3.63, 3.8) is 0 Å². The lowest BCUT2D eigenvalue weighted by molar-refractivity contribution is -0.139. The van der Waals surface area contributed by atoms with E-state index in [1.54, 1.807) is 25.2 Å². The van der Waals surface area contributed by atoms with E-state index in [1.807, 2.05) is 6.07 Å². The third kappa shape index (κ3) is 3.68. The molecule has 2 rings (SSSR count). The lowest BCUT2D eigenvalue weighted by Gasteiger charge is -2.27. The number of nitrogens with one attached hydrogen (secondary N) is 2. The number of allylic oxidation sites excluding steroid dienone is 1. The SMILES string of the molecule is CCCCc1ccc(C2NC(=O)NC(C)=C2C(=O)OCC)s1. The van der Waals surface area contributed by atoms with Gasteiger partial charge in [-0.3, -0.25) is 0 Å². The minimum atomic E-state index is -0.437. The van der Waals surface area contributed by atoms with Gasteiger partial charge in [-0.25, -0.2) is 9.59 Å². The zero-order chi connectivity index (χ0) is 16.1. The number of hydrogen-bond donors (Lipinski definition) is 2. The average molecular weight is 322 g/mol. The number of unbranched alkanes of at least 4 members (excludes halogenated alkanes) is 1. The highest BCUT2D eigenvalue weighted by Crippen LogP contribution is 2.32. The number of ether oxygens (including phenoxy) is 1. The Hall–Kier alpha value is -1.82. The summed E-state index contributed by atoms with van der Waals surface area (Å²) >= 11 is 1.64. The minimum absolute atomic E-state index is 0.293. The molecule has 0 fully saturated rings. The molecule has 1 aliphatic rings. The molecule has 0 saturated heterocycles. The maximum atomic E-state index is 12.2. The Morgan fingerprint density at radius 2 is 2.14 bits per heavy atom. The fourth-order valence-corrected chi connectivity index (χ4v) is 3.54. The number of esters is 1. The summed E-state index contributed by atoms with van der Waals surface area (Å²) in [4.78, 5) is 26.2. The first-order chi connectivity index (χ1) is 10.6. The smallest absolute Gasteiger partial charge is 0.338 e. The van der Waals surface area contributed by atoms with E-state index < -0.39 is 6.04 Å². The molecule has 2 N–H and O–H groups in total. The van der Waals surface area contributed by atoms with Crippen LogP contribution in [0.3, 0.4) is 0 Å². The van der Waals surface area contributed by atoms with E-state index in [9.17, 15) is 9.59 Å². The van der Waals surface area contributed by atoms with Gasteiger partial charge in [-0.15, -0.1) is 11.3 Å². The minimum Gasteiger partial charge on any atom is -0.463 e. The van der Waals surface area contributed by atoms with Crippen molar-refractivity contribution in [2.24, 2.45) is 0 Å². The van der Waals surface area contributed by atoms with Crippen LogP contribution in [0, 0.1) is 0 Å². The lowest BCUT2D eigenvalue weighted by Crippen LogP contribution is -2.45. The van der Waals surface area contributed by atoms with E-state index in [-0.39, 0.29) is 12.0 Å². The molecule has 1 aromatic rings. The van der Waals surface area contributed by atoms with Gasteiger partial charge in [0.05, 0.1) is 18.2 Å². The molecule has 6 heteroatoms. The van der Waals surface area contributed by atoms with Crippen LogP contribution >= 0.6 is 11.3 Å². The predicted octanol–water partition coefficient (Wildman–Crippen LogP) is 3.28. The van der Waals surface area contributed by atoms with Crippen molar-refractivity contribution >= 4 is 23.3 Å². The van der Waals surface area contributed by atoms with Crippen molar-refractivity contribution in [3.8, 4) is 0 Å². The van der Waals surface area contributed by atoms with Gasteiger partial charge in [0.2, 0.25) is 0 Å². The first kappa shape index (κ1) is 16.5. The van der Waals surface area contributed by atoms with E-state index >= 15 is 0 Å². The Labute approximate surface area is 134 Å². The maximum absolute atomic E-state index is 12.2. The molecule has 0 bridgehead atoms. The first-order valence-corrected chi connectivity index (χ1v) is 8.42. The highest BCUT2D eigenvalue weighted by Gasteiger charge is 2.32. The number of urea groups is 1. The standard InChI is InChI=1S/C16H22N2O3S/c1-4-6-7-11-8-9-12(22-11)14-13(15(19)21-5-2)10(3)17-16(20)18-14/h8-9,14H,4-7H2,1-3H3,(H2,17,18,20). The van der Waals surface area contributed by atoms with E-state index in [0.29, 0.717) is 17.9 Å². The number of amides is 2. The van der Waals surface area contributed by atoms with Crippen LogP contribution in [0.5, 0.6) is 0 Å². The molecule has 0 aromatic carbocycles. The van der Waals surface area contributed by atoms with Crippen LogP contribution < -0.4 is 10.6 Å². The fourth-order valence-electron chi connectivity index (χ4n) is 2.42. The molecule has 120 valence electrons. The number of rotatable bonds is 6. The monoisotopic (exact) mass is 322 g/mol.